The molecular formula is C12H16N2O4. The summed E-state index contributed by atoms with van der Waals surface area (Å²) in [7, 11) is 1.52. The number of benzene rings is 1. The van der Waals surface area contributed by atoms with Gasteiger partial charge in [0.2, 0.25) is 5.91 Å². The lowest BCUT2D eigenvalue weighted by Gasteiger charge is -2.11. The second-order valence-corrected chi connectivity index (χ2v) is 3.75. The summed E-state index contributed by atoms with van der Waals surface area (Å²) in [4.78, 5) is 21.8. The number of anilines is 1. The van der Waals surface area contributed by atoms with E-state index < -0.39 is 5.97 Å². The lowest BCUT2D eigenvalue weighted by molar-refractivity contribution is -0.135. The van der Waals surface area contributed by atoms with Crippen LogP contribution >= 0.6 is 0 Å². The topological polar surface area (TPSA) is 87.7 Å². The lowest BCUT2D eigenvalue weighted by Crippen LogP contribution is -2.31. The molecule has 1 aromatic carbocycles. The van der Waals surface area contributed by atoms with E-state index in [1.54, 1.807) is 12.1 Å². The molecule has 1 amide bonds. The highest BCUT2D eigenvalue weighted by atomic mass is 16.5. The fourth-order valence-corrected chi connectivity index (χ4v) is 1.40. The fraction of sp³-hybridized carbons (Fsp3) is 0.333. The Balaban J connectivity index is 2.58. The number of ether oxygens (including phenoxy) is 1. The van der Waals surface area contributed by atoms with Crippen LogP contribution in [-0.2, 0) is 9.59 Å². The van der Waals surface area contributed by atoms with E-state index in [1.807, 2.05) is 13.0 Å². The van der Waals surface area contributed by atoms with E-state index in [2.05, 4.69) is 10.6 Å². The van der Waals surface area contributed by atoms with E-state index in [0.29, 0.717) is 11.4 Å². The molecule has 6 nitrogen and oxygen atoms in total. The Morgan fingerprint density at radius 1 is 1.33 bits per heavy atom. The Kier molecular flexibility index (Phi) is 5.13. The first-order chi connectivity index (χ1) is 8.52. The summed E-state index contributed by atoms with van der Waals surface area (Å²) in [5.74, 6) is -0.761. The summed E-state index contributed by atoms with van der Waals surface area (Å²) < 4.78 is 5.11. The minimum Gasteiger partial charge on any atom is -0.495 e. The number of hydrogen-bond donors (Lipinski definition) is 3. The van der Waals surface area contributed by atoms with Crippen molar-refractivity contribution < 1.29 is 19.4 Å². The van der Waals surface area contributed by atoms with Crippen LogP contribution in [0.15, 0.2) is 18.2 Å². The monoisotopic (exact) mass is 252 g/mol. The molecule has 0 aliphatic carbocycles. The Bertz CT molecular complexity index is 446. The highest BCUT2D eigenvalue weighted by Gasteiger charge is 2.08. The Morgan fingerprint density at radius 3 is 2.67 bits per heavy atom. The van der Waals surface area contributed by atoms with Crippen LogP contribution < -0.4 is 15.4 Å². The van der Waals surface area contributed by atoms with E-state index in [1.165, 1.54) is 7.11 Å². The molecule has 0 heterocycles. The van der Waals surface area contributed by atoms with E-state index in [9.17, 15) is 9.59 Å². The molecule has 1 rings (SSSR count). The van der Waals surface area contributed by atoms with Gasteiger partial charge in [-0.05, 0) is 24.6 Å². The third-order valence-electron chi connectivity index (χ3n) is 2.19. The molecule has 0 radical (unpaired) electrons. The number of nitrogens with one attached hydrogen (secondary N) is 2. The first-order valence-corrected chi connectivity index (χ1v) is 5.40. The van der Waals surface area contributed by atoms with Gasteiger partial charge in [-0.3, -0.25) is 14.9 Å². The molecule has 0 saturated heterocycles. The van der Waals surface area contributed by atoms with Crippen molar-refractivity contribution in [2.75, 3.05) is 25.5 Å². The molecule has 0 aliphatic rings. The maximum Gasteiger partial charge on any atom is 0.317 e. The molecule has 0 aliphatic heterocycles. The van der Waals surface area contributed by atoms with E-state index in [0.717, 1.165) is 5.56 Å². The van der Waals surface area contributed by atoms with Crippen LogP contribution in [0.25, 0.3) is 0 Å². The van der Waals surface area contributed by atoms with Crippen LogP contribution in [0.1, 0.15) is 5.56 Å². The van der Waals surface area contributed by atoms with Gasteiger partial charge in [-0.2, -0.15) is 0 Å². The Labute approximate surface area is 105 Å². The summed E-state index contributed by atoms with van der Waals surface area (Å²) >= 11 is 0. The van der Waals surface area contributed by atoms with Crippen LogP contribution in [0.3, 0.4) is 0 Å². The van der Waals surface area contributed by atoms with Gasteiger partial charge in [-0.1, -0.05) is 6.07 Å². The van der Waals surface area contributed by atoms with E-state index in [-0.39, 0.29) is 19.0 Å². The average molecular weight is 252 g/mol. The molecule has 0 bridgehead atoms. The van der Waals surface area contributed by atoms with Gasteiger partial charge in [0.1, 0.15) is 5.75 Å². The second-order valence-electron chi connectivity index (χ2n) is 3.75. The van der Waals surface area contributed by atoms with Crippen LogP contribution in [0.5, 0.6) is 5.75 Å². The number of carbonyl (C=O) groups is 2. The first kappa shape index (κ1) is 14.0. The van der Waals surface area contributed by atoms with Gasteiger partial charge in [0.15, 0.2) is 0 Å². The molecule has 6 heteroatoms. The van der Waals surface area contributed by atoms with Gasteiger partial charge in [0, 0.05) is 0 Å². The Hall–Kier alpha value is -2.08. The quantitative estimate of drug-likeness (QED) is 0.690. The van der Waals surface area contributed by atoms with Crippen LogP contribution in [0.4, 0.5) is 5.69 Å². The highest BCUT2D eigenvalue weighted by Crippen LogP contribution is 2.24. The van der Waals surface area contributed by atoms with Crippen LogP contribution in [-0.4, -0.2) is 37.2 Å². The smallest absolute Gasteiger partial charge is 0.317 e. The summed E-state index contributed by atoms with van der Waals surface area (Å²) in [5, 5.41) is 13.6. The van der Waals surface area contributed by atoms with Gasteiger partial charge >= 0.3 is 5.97 Å². The van der Waals surface area contributed by atoms with Gasteiger partial charge < -0.3 is 15.2 Å². The number of methoxy groups -OCH3 is 1. The van der Waals surface area contributed by atoms with Crippen molar-refractivity contribution in [3.8, 4) is 5.75 Å². The maximum atomic E-state index is 11.6. The zero-order valence-corrected chi connectivity index (χ0v) is 10.3. The molecule has 0 fully saturated rings. The zero-order valence-electron chi connectivity index (χ0n) is 10.3. The normalized spacial score (nSPS) is 9.89. The molecule has 98 valence electrons. The van der Waals surface area contributed by atoms with Crippen molar-refractivity contribution in [3.63, 3.8) is 0 Å². The summed E-state index contributed by atoms with van der Waals surface area (Å²) in [6.45, 7) is 1.58. The number of aryl methyl sites for hydroxylation is 1. The van der Waals surface area contributed by atoms with Crippen LogP contribution in [0, 0.1) is 6.92 Å². The van der Waals surface area contributed by atoms with Crippen molar-refractivity contribution in [1.29, 1.82) is 0 Å². The number of aliphatic carboxylic acids is 1. The van der Waals surface area contributed by atoms with Crippen molar-refractivity contribution in [3.05, 3.63) is 23.8 Å². The van der Waals surface area contributed by atoms with Gasteiger partial charge in [-0.25, -0.2) is 0 Å². The molecule has 0 aromatic heterocycles. The zero-order chi connectivity index (χ0) is 13.5. The van der Waals surface area contributed by atoms with Gasteiger partial charge in [-0.15, -0.1) is 0 Å². The third kappa shape index (κ3) is 4.42. The number of amides is 1. The minimum absolute atomic E-state index is 0.0661. The van der Waals surface area contributed by atoms with E-state index >= 15 is 0 Å². The molecule has 0 saturated carbocycles. The number of hydrogen-bond acceptors (Lipinski definition) is 4. The molecular weight excluding hydrogens is 236 g/mol. The molecule has 18 heavy (non-hydrogen) atoms. The van der Waals surface area contributed by atoms with Crippen molar-refractivity contribution in [2.24, 2.45) is 0 Å². The highest BCUT2D eigenvalue weighted by molar-refractivity contribution is 5.94. The molecule has 0 spiro atoms. The summed E-state index contributed by atoms with van der Waals surface area (Å²) in [6, 6.07) is 5.42. The third-order valence-corrected chi connectivity index (χ3v) is 2.19. The summed E-state index contributed by atoms with van der Waals surface area (Å²) in [5.41, 5.74) is 1.56. The SMILES string of the molecule is COc1ccc(C)cc1NC(=O)CNCC(=O)O. The largest absolute Gasteiger partial charge is 0.495 e. The van der Waals surface area contributed by atoms with E-state index in [4.69, 9.17) is 9.84 Å². The van der Waals surface area contributed by atoms with Crippen molar-refractivity contribution in [1.82, 2.24) is 5.32 Å². The second kappa shape index (κ2) is 6.61. The predicted molar refractivity (Wildman–Crippen MR) is 66.9 cm³/mol. The van der Waals surface area contributed by atoms with Crippen molar-refractivity contribution in [2.45, 2.75) is 6.92 Å². The fourth-order valence-electron chi connectivity index (χ4n) is 1.40. The molecule has 0 unspecified atom stereocenters. The minimum atomic E-state index is -1.00. The number of carboxylic acids is 1. The molecule has 3 N–H and O–H groups in total. The maximum absolute atomic E-state index is 11.6. The Morgan fingerprint density at radius 2 is 2.06 bits per heavy atom. The molecule has 0 atom stereocenters. The molecule has 1 aromatic rings. The number of carboxylic acid groups (broad SMARTS) is 1. The number of rotatable bonds is 6. The first-order valence-electron chi connectivity index (χ1n) is 5.40. The van der Waals surface area contributed by atoms with Gasteiger partial charge in [0.05, 0.1) is 25.9 Å². The predicted octanol–water partition coefficient (Wildman–Crippen LogP) is 0.616. The van der Waals surface area contributed by atoms with Crippen molar-refractivity contribution >= 4 is 17.6 Å². The van der Waals surface area contributed by atoms with Crippen LogP contribution in [0.2, 0.25) is 0 Å². The number of carbonyl (C=O) groups excluding carboxylic acids is 1. The van der Waals surface area contributed by atoms with Gasteiger partial charge in [0.25, 0.3) is 0 Å². The lowest BCUT2D eigenvalue weighted by atomic mass is 10.2. The average Bonchev–Trinajstić information content (AvgIpc) is 2.28. The standard InChI is InChI=1S/C12H16N2O4/c1-8-3-4-10(18-2)9(5-8)14-11(15)6-13-7-12(16)17/h3-5,13H,6-7H2,1-2H3,(H,14,15)(H,16,17). The summed E-state index contributed by atoms with van der Waals surface area (Å²) in [6.07, 6.45) is 0.